The zero-order chi connectivity index (χ0) is 47.2. The Morgan fingerprint density at radius 1 is 0.545 bits per heavy atom. The van der Waals surface area contributed by atoms with Crippen molar-refractivity contribution in [1.82, 2.24) is 19.8 Å². The van der Waals surface area contributed by atoms with E-state index in [0.717, 1.165) is 80.9 Å². The molecule has 66 heavy (non-hydrogen) atoms. The first-order chi connectivity index (χ1) is 31.4. The number of hydrogen-bond acceptors (Lipinski definition) is 6. The molecule has 0 bridgehead atoms. The van der Waals surface area contributed by atoms with Crippen molar-refractivity contribution in [2.75, 3.05) is 26.2 Å². The molecule has 4 amide bonds. The summed E-state index contributed by atoms with van der Waals surface area (Å²) in [5, 5.41) is 1.93. The molecule has 2 aliphatic heterocycles. The SMILES string of the molecule is CC(C)(C)OC(=O)N1CCC(/C=C/c2c[nH]c3c(C(N)=O)cc(-c4ccccc4)cc23)CC1.CC(C)(C)OC(=O)N1CCC(/C=C\c2c[nH]c3c(C(N)=O)cc(-c4ccccc4)cc23)CC1. The van der Waals surface area contributed by atoms with Crippen LogP contribution < -0.4 is 11.5 Å². The van der Waals surface area contributed by atoms with Crippen molar-refractivity contribution >= 4 is 58.0 Å². The lowest BCUT2D eigenvalue weighted by Crippen LogP contribution is -2.41. The number of rotatable bonds is 8. The summed E-state index contributed by atoms with van der Waals surface area (Å²) in [5.41, 5.74) is 18.9. The standard InChI is InChI=1S/2C27H31N3O3/c2*1-27(2,3)33-26(32)30-13-11-18(12-14-30)9-10-20-17-29-24-22(20)15-21(16-23(24)25(28)31)19-7-5-4-6-8-19/h2*4-10,15-18,29H,11-14H2,1-3H3,(H2,28,31)/b10-9+;10-9-. The second kappa shape index (κ2) is 20.0. The van der Waals surface area contributed by atoms with Gasteiger partial charge in [0.2, 0.25) is 0 Å². The molecule has 2 fully saturated rings. The van der Waals surface area contributed by atoms with Gasteiger partial charge in [-0.15, -0.1) is 0 Å². The Morgan fingerprint density at radius 2 is 0.894 bits per heavy atom. The third-order valence-corrected chi connectivity index (χ3v) is 11.9. The highest BCUT2D eigenvalue weighted by molar-refractivity contribution is 6.10. The van der Waals surface area contributed by atoms with Crippen LogP contribution in [-0.2, 0) is 9.47 Å². The minimum Gasteiger partial charge on any atom is -0.444 e. The molecule has 8 rings (SSSR count). The van der Waals surface area contributed by atoms with Gasteiger partial charge in [0.05, 0.1) is 22.2 Å². The minimum atomic E-state index is -0.481. The van der Waals surface area contributed by atoms with E-state index in [1.807, 2.05) is 127 Å². The van der Waals surface area contributed by atoms with Crippen molar-refractivity contribution in [2.24, 2.45) is 23.3 Å². The quantitative estimate of drug-likeness (QED) is 0.118. The summed E-state index contributed by atoms with van der Waals surface area (Å²) in [6, 6.07) is 27.8. The number of aromatic nitrogens is 2. The molecule has 0 spiro atoms. The number of fused-ring (bicyclic) bond motifs is 2. The lowest BCUT2D eigenvalue weighted by atomic mass is 9.95. The number of likely N-dealkylation sites (tertiary alicyclic amines) is 2. The number of hydrogen-bond donors (Lipinski definition) is 4. The van der Waals surface area contributed by atoms with Crippen LogP contribution in [0.1, 0.15) is 99.1 Å². The first-order valence-electron chi connectivity index (χ1n) is 22.8. The Balaban J connectivity index is 0.000000196. The van der Waals surface area contributed by atoms with Crippen LogP contribution in [-0.4, -0.2) is 81.1 Å². The van der Waals surface area contributed by atoms with Crippen LogP contribution in [0.4, 0.5) is 9.59 Å². The topological polar surface area (TPSA) is 177 Å². The molecule has 0 unspecified atom stereocenters. The first kappa shape index (κ1) is 46.9. The van der Waals surface area contributed by atoms with E-state index < -0.39 is 23.0 Å². The predicted octanol–water partition coefficient (Wildman–Crippen LogP) is 11.2. The molecule has 2 aliphatic rings. The van der Waals surface area contributed by atoms with Crippen LogP contribution in [0, 0.1) is 11.8 Å². The van der Waals surface area contributed by atoms with Gasteiger partial charge in [-0.25, -0.2) is 9.59 Å². The summed E-state index contributed by atoms with van der Waals surface area (Å²) < 4.78 is 11.0. The summed E-state index contributed by atoms with van der Waals surface area (Å²) in [4.78, 5) is 58.9. The van der Waals surface area contributed by atoms with E-state index in [2.05, 4.69) is 46.4 Å². The molecule has 0 radical (unpaired) electrons. The molecular weight excluding hydrogens is 829 g/mol. The lowest BCUT2D eigenvalue weighted by molar-refractivity contribution is 0.0187. The van der Waals surface area contributed by atoms with Crippen LogP contribution in [0.3, 0.4) is 0 Å². The molecule has 6 N–H and O–H groups in total. The molecule has 12 heteroatoms. The number of allylic oxidation sites excluding steroid dienone is 2. The van der Waals surface area contributed by atoms with Gasteiger partial charge < -0.3 is 40.7 Å². The normalized spacial score (nSPS) is 15.3. The number of ether oxygens (including phenoxy) is 2. The van der Waals surface area contributed by atoms with Gasteiger partial charge in [0.1, 0.15) is 11.2 Å². The van der Waals surface area contributed by atoms with Gasteiger partial charge in [0.25, 0.3) is 11.8 Å². The Morgan fingerprint density at radius 3 is 1.21 bits per heavy atom. The summed E-state index contributed by atoms with van der Waals surface area (Å²) in [6.45, 7) is 14.0. The number of primary amides is 2. The number of nitrogens with zero attached hydrogens (tertiary/aromatic N) is 2. The van der Waals surface area contributed by atoms with E-state index in [9.17, 15) is 19.2 Å². The number of nitrogens with one attached hydrogen (secondary N) is 2. The van der Waals surface area contributed by atoms with Crippen LogP contribution in [0.15, 0.2) is 109 Å². The molecule has 6 aromatic rings. The van der Waals surface area contributed by atoms with E-state index in [1.54, 1.807) is 9.80 Å². The average Bonchev–Trinajstić information content (AvgIpc) is 3.90. The number of nitrogens with two attached hydrogens (primary N) is 2. The molecule has 4 aromatic carbocycles. The number of amides is 4. The lowest BCUT2D eigenvalue weighted by Gasteiger charge is -2.32. The Bertz CT molecular complexity index is 2550. The molecule has 344 valence electrons. The summed E-state index contributed by atoms with van der Waals surface area (Å²) in [7, 11) is 0. The second-order valence-electron chi connectivity index (χ2n) is 19.2. The fourth-order valence-corrected chi connectivity index (χ4v) is 8.45. The Labute approximate surface area is 387 Å². The van der Waals surface area contributed by atoms with Crippen LogP contribution in [0.2, 0.25) is 0 Å². The fraction of sp³-hybridized carbons (Fsp3) is 0.333. The van der Waals surface area contributed by atoms with E-state index >= 15 is 0 Å². The minimum absolute atomic E-state index is 0.242. The van der Waals surface area contributed by atoms with Gasteiger partial charge in [-0.2, -0.15) is 0 Å². The molecule has 0 atom stereocenters. The maximum atomic E-state index is 12.3. The molecule has 0 saturated carbocycles. The van der Waals surface area contributed by atoms with Crippen LogP contribution >= 0.6 is 0 Å². The molecule has 2 saturated heterocycles. The number of carbonyl (C=O) groups is 4. The molecule has 4 heterocycles. The van der Waals surface area contributed by atoms with Crippen molar-refractivity contribution in [3.05, 3.63) is 132 Å². The van der Waals surface area contributed by atoms with Crippen molar-refractivity contribution in [1.29, 1.82) is 0 Å². The highest BCUT2D eigenvalue weighted by Gasteiger charge is 2.28. The number of H-pyrrole nitrogens is 2. The van der Waals surface area contributed by atoms with Crippen LogP contribution in [0.25, 0.3) is 56.2 Å². The zero-order valence-corrected chi connectivity index (χ0v) is 38.9. The van der Waals surface area contributed by atoms with E-state index in [-0.39, 0.29) is 12.2 Å². The van der Waals surface area contributed by atoms with Gasteiger partial charge >= 0.3 is 12.2 Å². The highest BCUT2D eigenvalue weighted by Crippen LogP contribution is 2.33. The van der Waals surface area contributed by atoms with Gasteiger partial charge in [-0.3, -0.25) is 9.59 Å². The third-order valence-electron chi connectivity index (χ3n) is 11.9. The fourth-order valence-electron chi connectivity index (χ4n) is 8.45. The van der Waals surface area contributed by atoms with E-state index in [4.69, 9.17) is 20.9 Å². The summed E-state index contributed by atoms with van der Waals surface area (Å²) in [5.74, 6) is -0.155. The van der Waals surface area contributed by atoms with Crippen molar-refractivity contribution in [3.8, 4) is 22.3 Å². The number of aromatic amines is 2. The average molecular weight is 891 g/mol. The zero-order valence-electron chi connectivity index (χ0n) is 38.9. The largest absolute Gasteiger partial charge is 0.444 e. The summed E-state index contributed by atoms with van der Waals surface area (Å²) >= 11 is 0. The predicted molar refractivity (Wildman–Crippen MR) is 264 cm³/mol. The summed E-state index contributed by atoms with van der Waals surface area (Å²) in [6.07, 6.45) is 15.5. The maximum Gasteiger partial charge on any atom is 0.410 e. The number of piperidine rings is 2. The van der Waals surface area contributed by atoms with Gasteiger partial charge in [-0.05, 0) is 137 Å². The molecule has 12 nitrogen and oxygen atoms in total. The molecule has 2 aromatic heterocycles. The van der Waals surface area contributed by atoms with Gasteiger partial charge in [0, 0.05) is 49.3 Å². The van der Waals surface area contributed by atoms with Crippen molar-refractivity contribution in [2.45, 2.75) is 78.4 Å². The first-order valence-corrected chi connectivity index (χ1v) is 22.8. The van der Waals surface area contributed by atoms with Crippen molar-refractivity contribution in [3.63, 3.8) is 0 Å². The van der Waals surface area contributed by atoms with Crippen LogP contribution in [0.5, 0.6) is 0 Å². The molecular formula is C54H62N6O6. The Kier molecular flexibility index (Phi) is 14.2. The maximum absolute atomic E-state index is 12.3. The van der Waals surface area contributed by atoms with E-state index in [0.29, 0.717) is 49.1 Å². The monoisotopic (exact) mass is 890 g/mol. The number of benzene rings is 4. The second-order valence-corrected chi connectivity index (χ2v) is 19.2. The van der Waals surface area contributed by atoms with Crippen molar-refractivity contribution < 1.29 is 28.7 Å². The third kappa shape index (κ3) is 11.8. The molecule has 0 aliphatic carbocycles. The van der Waals surface area contributed by atoms with Gasteiger partial charge in [0.15, 0.2) is 0 Å². The van der Waals surface area contributed by atoms with E-state index in [1.165, 1.54) is 0 Å². The highest BCUT2D eigenvalue weighted by atomic mass is 16.6. The Hall–Kier alpha value is -7.08. The van der Waals surface area contributed by atoms with Gasteiger partial charge in [-0.1, -0.05) is 85.0 Å². The number of carbonyl (C=O) groups excluding carboxylic acids is 4. The smallest absolute Gasteiger partial charge is 0.410 e.